The van der Waals surface area contributed by atoms with Gasteiger partial charge in [0.2, 0.25) is 0 Å². The van der Waals surface area contributed by atoms with Crippen molar-refractivity contribution in [2.24, 2.45) is 53.1 Å². The Morgan fingerprint density at radius 1 is 0.947 bits per heavy atom. The molecule has 5 atom stereocenters. The second-order valence-corrected chi connectivity index (χ2v) is 8.25. The normalized spacial score (nSPS) is 47.8. The van der Waals surface area contributed by atoms with Crippen molar-refractivity contribution >= 4 is 0 Å². The van der Waals surface area contributed by atoms with Gasteiger partial charge in [-0.1, -0.05) is 34.6 Å². The van der Waals surface area contributed by atoms with E-state index in [1.54, 1.807) is 0 Å². The maximum absolute atomic E-state index is 6.08. The van der Waals surface area contributed by atoms with Gasteiger partial charge in [-0.2, -0.15) is 0 Å². The van der Waals surface area contributed by atoms with E-state index in [2.05, 4.69) is 34.6 Å². The highest BCUT2D eigenvalue weighted by Gasteiger charge is 2.43. The van der Waals surface area contributed by atoms with Crippen LogP contribution in [0.5, 0.6) is 0 Å². The van der Waals surface area contributed by atoms with Crippen LogP contribution in [0.25, 0.3) is 0 Å². The maximum Gasteiger partial charge on any atom is -0.00461 e. The summed E-state index contributed by atoms with van der Waals surface area (Å²) in [6.07, 6.45) is 5.79. The van der Waals surface area contributed by atoms with Crippen LogP contribution in [0.15, 0.2) is 0 Å². The van der Waals surface area contributed by atoms with Gasteiger partial charge in [0.25, 0.3) is 0 Å². The first kappa shape index (κ1) is 15.4. The Hall–Kier alpha value is -0.0400. The van der Waals surface area contributed by atoms with Gasteiger partial charge in [0.1, 0.15) is 0 Å². The molecule has 2 saturated carbocycles. The predicted molar refractivity (Wildman–Crippen MR) is 83.8 cm³/mol. The molecular weight excluding hydrogens is 230 g/mol. The molecular formula is C18H35N. The van der Waals surface area contributed by atoms with Crippen molar-refractivity contribution in [3.05, 3.63) is 0 Å². The molecule has 2 fully saturated rings. The fraction of sp³-hybridized carbons (Fsp3) is 1.00. The summed E-state index contributed by atoms with van der Waals surface area (Å²) in [7, 11) is 0. The van der Waals surface area contributed by atoms with Crippen LogP contribution in [0.2, 0.25) is 0 Å². The number of hydrogen-bond acceptors (Lipinski definition) is 1. The largest absolute Gasteiger partial charge is 0.330 e. The molecule has 1 nitrogen and oxygen atoms in total. The molecule has 0 radical (unpaired) electrons. The Bertz CT molecular complexity index is 279. The van der Waals surface area contributed by atoms with Gasteiger partial charge < -0.3 is 5.73 Å². The van der Waals surface area contributed by atoms with Gasteiger partial charge >= 0.3 is 0 Å². The van der Waals surface area contributed by atoms with Crippen LogP contribution in [0.4, 0.5) is 0 Å². The first-order valence-electron chi connectivity index (χ1n) is 8.64. The van der Waals surface area contributed by atoms with Crippen LogP contribution in [-0.2, 0) is 0 Å². The smallest absolute Gasteiger partial charge is 0.00461 e. The van der Waals surface area contributed by atoms with Gasteiger partial charge in [0, 0.05) is 0 Å². The number of nitrogens with two attached hydrogens (primary N) is 1. The SMILES string of the molecule is CC1CC(C2CC(C)CC(CN)C(C)C2C(C)C)C1. The van der Waals surface area contributed by atoms with E-state index in [0.29, 0.717) is 0 Å². The fourth-order valence-corrected chi connectivity index (χ4v) is 5.39. The van der Waals surface area contributed by atoms with Gasteiger partial charge in [0.05, 0.1) is 0 Å². The molecule has 0 aromatic heterocycles. The molecule has 0 aromatic rings. The van der Waals surface area contributed by atoms with Gasteiger partial charge in [-0.05, 0) is 79.6 Å². The molecule has 0 spiro atoms. The van der Waals surface area contributed by atoms with E-state index >= 15 is 0 Å². The lowest BCUT2D eigenvalue weighted by Crippen LogP contribution is -2.39. The summed E-state index contributed by atoms with van der Waals surface area (Å²) in [5, 5.41) is 0. The molecule has 2 aliphatic rings. The van der Waals surface area contributed by atoms with Crippen LogP contribution in [0, 0.1) is 47.3 Å². The summed E-state index contributed by atoms with van der Waals surface area (Å²) in [5.74, 6) is 7.13. The second kappa shape index (κ2) is 6.16. The standard InChI is InChI=1S/C18H35N/c1-11(2)18-14(5)16(10-19)8-13(4)9-17(18)15-6-12(3)7-15/h11-18H,6-10,19H2,1-5H3. The molecule has 0 saturated heterocycles. The molecule has 0 amide bonds. The fourth-order valence-electron chi connectivity index (χ4n) is 5.39. The summed E-state index contributed by atoms with van der Waals surface area (Å²) >= 11 is 0. The minimum Gasteiger partial charge on any atom is -0.330 e. The molecule has 2 aliphatic carbocycles. The maximum atomic E-state index is 6.08. The van der Waals surface area contributed by atoms with Crippen LogP contribution in [-0.4, -0.2) is 6.54 Å². The number of rotatable bonds is 3. The molecule has 112 valence electrons. The molecule has 0 aromatic carbocycles. The zero-order valence-electron chi connectivity index (χ0n) is 13.7. The number of hydrogen-bond donors (Lipinski definition) is 1. The Balaban J connectivity index is 2.18. The van der Waals surface area contributed by atoms with Gasteiger partial charge in [-0.25, -0.2) is 0 Å². The summed E-state index contributed by atoms with van der Waals surface area (Å²) in [6, 6.07) is 0. The van der Waals surface area contributed by atoms with E-state index in [1.807, 2.05) is 0 Å². The van der Waals surface area contributed by atoms with Gasteiger partial charge in [-0.15, -0.1) is 0 Å². The Kier molecular flexibility index (Phi) is 4.98. The zero-order valence-corrected chi connectivity index (χ0v) is 13.7. The second-order valence-electron chi connectivity index (χ2n) is 8.25. The van der Waals surface area contributed by atoms with Gasteiger partial charge in [-0.3, -0.25) is 0 Å². The first-order chi connectivity index (χ1) is 8.93. The third-order valence-corrected chi connectivity index (χ3v) is 6.31. The van der Waals surface area contributed by atoms with Crippen LogP contribution >= 0.6 is 0 Å². The van der Waals surface area contributed by atoms with E-state index < -0.39 is 0 Å². The molecule has 5 unspecified atom stereocenters. The molecule has 2 rings (SSSR count). The highest BCUT2D eigenvalue weighted by molar-refractivity contribution is 4.93. The molecule has 0 heterocycles. The molecule has 0 bridgehead atoms. The average Bonchev–Trinajstić information content (AvgIpc) is 2.42. The average molecular weight is 265 g/mol. The van der Waals surface area contributed by atoms with E-state index in [4.69, 9.17) is 5.73 Å². The Morgan fingerprint density at radius 3 is 2.00 bits per heavy atom. The van der Waals surface area contributed by atoms with Crippen LogP contribution in [0.1, 0.15) is 60.3 Å². The van der Waals surface area contributed by atoms with Crippen molar-refractivity contribution in [1.82, 2.24) is 0 Å². The van der Waals surface area contributed by atoms with Crippen LogP contribution < -0.4 is 5.73 Å². The topological polar surface area (TPSA) is 26.0 Å². The Labute approximate surface area is 120 Å². The van der Waals surface area contributed by atoms with E-state index in [0.717, 1.165) is 53.9 Å². The van der Waals surface area contributed by atoms with Crippen molar-refractivity contribution in [1.29, 1.82) is 0 Å². The van der Waals surface area contributed by atoms with Crippen molar-refractivity contribution < 1.29 is 0 Å². The van der Waals surface area contributed by atoms with Crippen molar-refractivity contribution in [3.8, 4) is 0 Å². The highest BCUT2D eigenvalue weighted by Crippen LogP contribution is 2.51. The minimum atomic E-state index is 0.755. The third kappa shape index (κ3) is 3.17. The van der Waals surface area contributed by atoms with Gasteiger partial charge in [0.15, 0.2) is 0 Å². The molecule has 0 aliphatic heterocycles. The summed E-state index contributed by atoms with van der Waals surface area (Å²) in [6.45, 7) is 13.2. The van der Waals surface area contributed by atoms with Crippen molar-refractivity contribution in [3.63, 3.8) is 0 Å². The van der Waals surface area contributed by atoms with Crippen LogP contribution in [0.3, 0.4) is 0 Å². The molecule has 1 heteroatoms. The molecule has 19 heavy (non-hydrogen) atoms. The lowest BCUT2D eigenvalue weighted by atomic mass is 9.60. The first-order valence-corrected chi connectivity index (χ1v) is 8.64. The highest BCUT2D eigenvalue weighted by atomic mass is 14.6. The minimum absolute atomic E-state index is 0.755. The van der Waals surface area contributed by atoms with Crippen molar-refractivity contribution in [2.45, 2.75) is 60.3 Å². The zero-order chi connectivity index (χ0) is 14.2. The lowest BCUT2D eigenvalue weighted by molar-refractivity contribution is 0.0369. The summed E-state index contributed by atoms with van der Waals surface area (Å²) in [5.41, 5.74) is 6.08. The van der Waals surface area contributed by atoms with E-state index in [1.165, 1.54) is 25.7 Å². The van der Waals surface area contributed by atoms with E-state index in [-0.39, 0.29) is 0 Å². The summed E-state index contributed by atoms with van der Waals surface area (Å²) in [4.78, 5) is 0. The monoisotopic (exact) mass is 265 g/mol. The third-order valence-electron chi connectivity index (χ3n) is 6.31. The quantitative estimate of drug-likeness (QED) is 0.744. The van der Waals surface area contributed by atoms with Crippen molar-refractivity contribution in [2.75, 3.05) is 6.54 Å². The lowest BCUT2D eigenvalue weighted by Gasteiger charge is -2.46. The molecule has 2 N–H and O–H groups in total. The predicted octanol–water partition coefficient (Wildman–Crippen LogP) is 4.56. The Morgan fingerprint density at radius 2 is 1.53 bits per heavy atom. The summed E-state index contributed by atoms with van der Waals surface area (Å²) < 4.78 is 0. The van der Waals surface area contributed by atoms with E-state index in [9.17, 15) is 0 Å².